The minimum absolute atomic E-state index is 0. The molecule has 1 aliphatic rings. The molecular formula is C8H16S. The third-order valence-electron chi connectivity index (χ3n) is 1.62. The van der Waals surface area contributed by atoms with Crippen molar-refractivity contribution in [2.75, 3.05) is 5.75 Å². The van der Waals surface area contributed by atoms with Crippen molar-refractivity contribution in [1.82, 2.24) is 0 Å². The van der Waals surface area contributed by atoms with E-state index < -0.39 is 0 Å². The second-order valence-electron chi connectivity index (χ2n) is 2.29. The van der Waals surface area contributed by atoms with E-state index in [1.165, 1.54) is 18.6 Å². The van der Waals surface area contributed by atoms with Gasteiger partial charge >= 0.3 is 0 Å². The summed E-state index contributed by atoms with van der Waals surface area (Å²) in [5.74, 6) is 1.34. The molecule has 0 N–H and O–H groups in total. The lowest BCUT2D eigenvalue weighted by atomic mass is 10.2. The summed E-state index contributed by atoms with van der Waals surface area (Å²) in [7, 11) is 0. The number of rotatable bonds is 0. The van der Waals surface area contributed by atoms with Crippen LogP contribution in [-0.2, 0) is 0 Å². The van der Waals surface area contributed by atoms with Crippen molar-refractivity contribution in [2.45, 2.75) is 34.1 Å². The van der Waals surface area contributed by atoms with E-state index in [-0.39, 0.29) is 7.43 Å². The molecule has 0 aliphatic carbocycles. The highest BCUT2D eigenvalue weighted by molar-refractivity contribution is 8.03. The van der Waals surface area contributed by atoms with Gasteiger partial charge in [0, 0.05) is 0 Å². The third kappa shape index (κ3) is 2.44. The molecule has 0 aromatic rings. The first kappa shape index (κ1) is 9.09. The fourth-order valence-electron chi connectivity index (χ4n) is 0.862. The van der Waals surface area contributed by atoms with E-state index in [1.54, 1.807) is 10.5 Å². The minimum Gasteiger partial charge on any atom is -0.131 e. The number of thioether (sulfide) groups is 1. The van der Waals surface area contributed by atoms with Crippen LogP contribution in [0.1, 0.15) is 34.1 Å². The molecule has 1 heterocycles. The summed E-state index contributed by atoms with van der Waals surface area (Å²) in [6, 6.07) is 0. The molecule has 0 aromatic carbocycles. The highest BCUT2D eigenvalue weighted by atomic mass is 32.2. The van der Waals surface area contributed by atoms with E-state index in [0.717, 1.165) is 0 Å². The van der Waals surface area contributed by atoms with Crippen molar-refractivity contribution < 1.29 is 0 Å². The molecular weight excluding hydrogens is 128 g/mol. The quantitative estimate of drug-likeness (QED) is 0.502. The van der Waals surface area contributed by atoms with Crippen LogP contribution in [0.3, 0.4) is 0 Å². The lowest BCUT2D eigenvalue weighted by molar-refractivity contribution is 0.898. The minimum atomic E-state index is 0. The number of hydrogen-bond donors (Lipinski definition) is 0. The summed E-state index contributed by atoms with van der Waals surface area (Å²) >= 11 is 2.01. The van der Waals surface area contributed by atoms with Gasteiger partial charge in [-0.2, -0.15) is 0 Å². The Labute approximate surface area is 62.7 Å². The molecule has 0 aromatic heterocycles. The fraction of sp³-hybridized carbons (Fsp3) is 0.750. The Morgan fingerprint density at radius 2 is 2.00 bits per heavy atom. The van der Waals surface area contributed by atoms with Crippen LogP contribution in [0.25, 0.3) is 0 Å². The molecule has 0 saturated carbocycles. The van der Waals surface area contributed by atoms with E-state index >= 15 is 0 Å². The Balaban J connectivity index is 0.000000640. The van der Waals surface area contributed by atoms with Gasteiger partial charge in [-0.1, -0.05) is 13.0 Å². The van der Waals surface area contributed by atoms with Gasteiger partial charge in [-0.15, -0.1) is 11.8 Å². The Morgan fingerprint density at radius 3 is 2.33 bits per heavy atom. The molecule has 1 rings (SSSR count). The van der Waals surface area contributed by atoms with Gasteiger partial charge in [0.15, 0.2) is 0 Å². The predicted molar refractivity (Wildman–Crippen MR) is 46.8 cm³/mol. The predicted octanol–water partition coefficient (Wildman–Crippen LogP) is 3.44. The standard InChI is InChI=1S/C7H12S.CH4/c1-6-4-3-5-8-7(6)2;/h3-5H2,1-2H3;1H4. The average molecular weight is 144 g/mol. The van der Waals surface area contributed by atoms with Crippen molar-refractivity contribution in [1.29, 1.82) is 0 Å². The Morgan fingerprint density at radius 1 is 1.33 bits per heavy atom. The molecule has 0 spiro atoms. The second kappa shape index (κ2) is 3.99. The Kier molecular flexibility index (Phi) is 4.03. The molecule has 0 amide bonds. The average Bonchev–Trinajstić information content (AvgIpc) is 1.77. The first-order valence-corrected chi connectivity index (χ1v) is 4.08. The lowest BCUT2D eigenvalue weighted by Gasteiger charge is -2.12. The molecule has 0 bridgehead atoms. The van der Waals surface area contributed by atoms with Gasteiger partial charge < -0.3 is 0 Å². The highest BCUT2D eigenvalue weighted by Crippen LogP contribution is 2.28. The van der Waals surface area contributed by atoms with Crippen LogP contribution in [0.15, 0.2) is 10.5 Å². The maximum Gasteiger partial charge on any atom is -0.00203 e. The van der Waals surface area contributed by atoms with Gasteiger partial charge in [0.1, 0.15) is 0 Å². The maximum atomic E-state index is 2.24. The van der Waals surface area contributed by atoms with E-state index in [2.05, 4.69) is 13.8 Å². The normalized spacial score (nSPS) is 19.3. The molecule has 0 nitrogen and oxygen atoms in total. The van der Waals surface area contributed by atoms with Crippen LogP contribution in [0.5, 0.6) is 0 Å². The van der Waals surface area contributed by atoms with E-state index in [1.807, 2.05) is 11.8 Å². The van der Waals surface area contributed by atoms with Gasteiger partial charge in [0.05, 0.1) is 0 Å². The van der Waals surface area contributed by atoms with E-state index in [0.29, 0.717) is 0 Å². The number of allylic oxidation sites excluding steroid dienone is 2. The van der Waals surface area contributed by atoms with Crippen LogP contribution in [0.4, 0.5) is 0 Å². The highest BCUT2D eigenvalue weighted by Gasteiger charge is 2.03. The topological polar surface area (TPSA) is 0 Å². The van der Waals surface area contributed by atoms with Crippen molar-refractivity contribution in [2.24, 2.45) is 0 Å². The van der Waals surface area contributed by atoms with E-state index in [4.69, 9.17) is 0 Å². The van der Waals surface area contributed by atoms with Crippen LogP contribution in [-0.4, -0.2) is 5.75 Å². The van der Waals surface area contributed by atoms with Gasteiger partial charge in [0.2, 0.25) is 0 Å². The molecule has 1 aliphatic heterocycles. The zero-order valence-electron chi connectivity index (χ0n) is 5.53. The summed E-state index contributed by atoms with van der Waals surface area (Å²) in [5.41, 5.74) is 1.60. The molecule has 0 radical (unpaired) electrons. The maximum absolute atomic E-state index is 2.24. The Hall–Kier alpha value is 0.0900. The van der Waals surface area contributed by atoms with Crippen LogP contribution < -0.4 is 0 Å². The summed E-state index contributed by atoms with van der Waals surface area (Å²) in [4.78, 5) is 1.55. The van der Waals surface area contributed by atoms with Crippen molar-refractivity contribution in [3.63, 3.8) is 0 Å². The van der Waals surface area contributed by atoms with Crippen molar-refractivity contribution in [3.8, 4) is 0 Å². The smallest absolute Gasteiger partial charge is 0.00203 e. The zero-order chi connectivity index (χ0) is 5.98. The molecule has 0 saturated heterocycles. The molecule has 0 atom stereocenters. The SMILES string of the molecule is C.CC1=C(C)SCCC1. The van der Waals surface area contributed by atoms with Crippen molar-refractivity contribution in [3.05, 3.63) is 10.5 Å². The summed E-state index contributed by atoms with van der Waals surface area (Å²) in [6.07, 6.45) is 2.71. The largest absolute Gasteiger partial charge is 0.131 e. The molecule has 0 fully saturated rings. The van der Waals surface area contributed by atoms with Crippen molar-refractivity contribution >= 4 is 11.8 Å². The second-order valence-corrected chi connectivity index (χ2v) is 3.60. The first-order valence-electron chi connectivity index (χ1n) is 3.10. The zero-order valence-corrected chi connectivity index (χ0v) is 6.35. The van der Waals surface area contributed by atoms with Gasteiger partial charge in [-0.05, 0) is 37.3 Å². The molecule has 1 heteroatoms. The van der Waals surface area contributed by atoms with Crippen LogP contribution in [0, 0.1) is 0 Å². The molecule has 9 heavy (non-hydrogen) atoms. The summed E-state index contributed by atoms with van der Waals surface area (Å²) < 4.78 is 0. The van der Waals surface area contributed by atoms with Gasteiger partial charge in [-0.25, -0.2) is 0 Å². The van der Waals surface area contributed by atoms with Crippen LogP contribution >= 0.6 is 11.8 Å². The van der Waals surface area contributed by atoms with Gasteiger partial charge in [-0.3, -0.25) is 0 Å². The fourth-order valence-corrected chi connectivity index (χ4v) is 1.81. The lowest BCUT2D eigenvalue weighted by Crippen LogP contribution is -1.91. The molecule has 0 unspecified atom stereocenters. The Bertz CT molecular complexity index is 99.7. The third-order valence-corrected chi connectivity index (χ3v) is 2.89. The first-order chi connectivity index (χ1) is 3.80. The summed E-state index contributed by atoms with van der Waals surface area (Å²) in [5, 5.41) is 0. The van der Waals surface area contributed by atoms with E-state index in [9.17, 15) is 0 Å². The molecule has 54 valence electrons. The summed E-state index contributed by atoms with van der Waals surface area (Å²) in [6.45, 7) is 4.46. The number of hydrogen-bond acceptors (Lipinski definition) is 1. The van der Waals surface area contributed by atoms with Gasteiger partial charge in [0.25, 0.3) is 0 Å². The van der Waals surface area contributed by atoms with Crippen LogP contribution in [0.2, 0.25) is 0 Å². The monoisotopic (exact) mass is 144 g/mol.